The molecule has 1 saturated heterocycles. The second-order valence-electron chi connectivity index (χ2n) is 8.60. The van der Waals surface area contributed by atoms with Crippen LogP contribution in [0.3, 0.4) is 0 Å². The van der Waals surface area contributed by atoms with E-state index in [4.69, 9.17) is 4.99 Å². The molecule has 0 spiro atoms. The molecule has 1 N–H and O–H groups in total. The van der Waals surface area contributed by atoms with E-state index in [9.17, 15) is 9.59 Å². The molecule has 1 aliphatic carbocycles. The first kappa shape index (κ1) is 19.0. The van der Waals surface area contributed by atoms with Crippen LogP contribution in [0, 0.1) is 0 Å². The summed E-state index contributed by atoms with van der Waals surface area (Å²) in [6, 6.07) is 17.9. The van der Waals surface area contributed by atoms with Crippen molar-refractivity contribution in [1.82, 2.24) is 10.2 Å². The molecule has 1 saturated carbocycles. The number of hydrogen-bond acceptors (Lipinski definition) is 3. The lowest BCUT2D eigenvalue weighted by Gasteiger charge is -2.38. The average molecular weight is 402 g/mol. The number of nitrogens with one attached hydrogen (secondary N) is 1. The van der Waals surface area contributed by atoms with Gasteiger partial charge in [-0.15, -0.1) is 0 Å². The molecule has 1 atom stereocenters. The van der Waals surface area contributed by atoms with Gasteiger partial charge in [-0.25, -0.2) is 4.99 Å². The number of para-hydroxylation sites is 1. The first-order chi connectivity index (χ1) is 14.7. The summed E-state index contributed by atoms with van der Waals surface area (Å²) in [6.07, 6.45) is 6.37. The minimum Gasteiger partial charge on any atom is -0.351 e. The number of rotatable bonds is 3. The van der Waals surface area contributed by atoms with E-state index in [1.165, 1.54) is 6.42 Å². The van der Waals surface area contributed by atoms with E-state index in [-0.39, 0.29) is 17.9 Å². The zero-order chi connectivity index (χ0) is 20.6. The molecule has 0 bridgehead atoms. The minimum atomic E-state index is -1.06. The third kappa shape index (κ3) is 3.13. The lowest BCUT2D eigenvalue weighted by Crippen LogP contribution is -2.62. The third-order valence-electron chi connectivity index (χ3n) is 6.77. The van der Waals surface area contributed by atoms with Crippen molar-refractivity contribution in [2.75, 3.05) is 0 Å². The Balaban J connectivity index is 1.65. The Morgan fingerprint density at radius 2 is 1.73 bits per heavy atom. The molecule has 0 radical (unpaired) electrons. The zero-order valence-electron chi connectivity index (χ0n) is 17.1. The predicted molar refractivity (Wildman–Crippen MR) is 117 cm³/mol. The molecule has 5 rings (SSSR count). The molecule has 2 aliphatic heterocycles. The number of amides is 2. The second-order valence-corrected chi connectivity index (χ2v) is 8.60. The molecule has 30 heavy (non-hydrogen) atoms. The smallest absolute Gasteiger partial charge is 0.252 e. The molecule has 3 aliphatic rings. The number of carbonyl (C=O) groups excluding carboxylic acids is 2. The van der Waals surface area contributed by atoms with Crippen LogP contribution in [0.1, 0.15) is 56.1 Å². The van der Waals surface area contributed by atoms with Crippen molar-refractivity contribution < 1.29 is 9.59 Å². The maximum atomic E-state index is 13.9. The van der Waals surface area contributed by atoms with Crippen LogP contribution in [0.25, 0.3) is 0 Å². The van der Waals surface area contributed by atoms with Gasteiger partial charge < -0.3 is 10.2 Å². The highest BCUT2D eigenvalue weighted by atomic mass is 16.2. The second kappa shape index (κ2) is 7.71. The quantitative estimate of drug-likeness (QED) is 0.841. The van der Waals surface area contributed by atoms with Crippen LogP contribution in [-0.2, 0) is 16.1 Å². The zero-order valence-corrected chi connectivity index (χ0v) is 17.1. The van der Waals surface area contributed by atoms with Crippen molar-refractivity contribution in [2.24, 2.45) is 4.99 Å². The van der Waals surface area contributed by atoms with Crippen molar-refractivity contribution in [3.8, 4) is 0 Å². The Morgan fingerprint density at radius 1 is 1.00 bits per heavy atom. The Kier molecular flexibility index (Phi) is 4.89. The summed E-state index contributed by atoms with van der Waals surface area (Å²) in [5, 5.41) is 3.31. The Bertz CT molecular complexity index is 994. The first-order valence-electron chi connectivity index (χ1n) is 11.0. The lowest BCUT2D eigenvalue weighted by atomic mass is 9.83. The van der Waals surface area contributed by atoms with E-state index in [2.05, 4.69) is 5.32 Å². The van der Waals surface area contributed by atoms with Crippen LogP contribution in [0.2, 0.25) is 0 Å². The topological polar surface area (TPSA) is 61.8 Å². The molecular formula is C25H27N3O2. The van der Waals surface area contributed by atoms with E-state index >= 15 is 0 Å². The normalized spacial score (nSPS) is 23.9. The summed E-state index contributed by atoms with van der Waals surface area (Å²) in [6.45, 7) is 0.410. The summed E-state index contributed by atoms with van der Waals surface area (Å²) in [4.78, 5) is 33.8. The fourth-order valence-corrected chi connectivity index (χ4v) is 5.17. The van der Waals surface area contributed by atoms with Gasteiger partial charge >= 0.3 is 0 Å². The molecular weight excluding hydrogens is 374 g/mol. The van der Waals surface area contributed by atoms with E-state index in [0.717, 1.165) is 42.5 Å². The van der Waals surface area contributed by atoms with Crippen molar-refractivity contribution >= 4 is 23.2 Å². The molecule has 2 heterocycles. The van der Waals surface area contributed by atoms with E-state index in [1.807, 2.05) is 54.6 Å². The van der Waals surface area contributed by atoms with Crippen LogP contribution in [0.4, 0.5) is 5.69 Å². The fourth-order valence-electron chi connectivity index (χ4n) is 5.17. The van der Waals surface area contributed by atoms with Crippen LogP contribution < -0.4 is 5.32 Å². The minimum absolute atomic E-state index is 0.0223. The molecule has 2 amide bonds. The maximum Gasteiger partial charge on any atom is 0.252 e. The summed E-state index contributed by atoms with van der Waals surface area (Å²) >= 11 is 0. The van der Waals surface area contributed by atoms with Crippen LogP contribution in [-0.4, -0.2) is 34.0 Å². The van der Waals surface area contributed by atoms with Crippen molar-refractivity contribution in [3.63, 3.8) is 0 Å². The molecule has 5 heteroatoms. The Hall–Kier alpha value is -2.95. The molecule has 0 aromatic heterocycles. The van der Waals surface area contributed by atoms with Gasteiger partial charge in [-0.1, -0.05) is 67.8 Å². The van der Waals surface area contributed by atoms with E-state index in [1.54, 1.807) is 4.90 Å². The van der Waals surface area contributed by atoms with Crippen LogP contribution >= 0.6 is 0 Å². The number of hydrogen-bond donors (Lipinski definition) is 1. The standard InChI is InChI=1S/C25H27N3O2/c29-22-15-16-25(24(30)26-20-12-5-2-6-13-20)23(18-9-3-1-4-10-18)27-21-14-8-7-11-19(21)17-28(22)25/h1,3-4,7-11,14,20H,2,5-6,12-13,15-17H2,(H,26,30). The third-order valence-corrected chi connectivity index (χ3v) is 6.77. The van der Waals surface area contributed by atoms with Crippen LogP contribution in [0.15, 0.2) is 59.6 Å². The van der Waals surface area contributed by atoms with E-state index < -0.39 is 5.54 Å². The lowest BCUT2D eigenvalue weighted by molar-refractivity contribution is -0.138. The molecule has 5 nitrogen and oxygen atoms in total. The van der Waals surface area contributed by atoms with Gasteiger partial charge in [0, 0.05) is 19.0 Å². The van der Waals surface area contributed by atoms with Gasteiger partial charge in [0.25, 0.3) is 5.91 Å². The molecule has 2 aromatic rings. The predicted octanol–water partition coefficient (Wildman–Crippen LogP) is 4.13. The number of benzene rings is 2. The SMILES string of the molecule is O=C1CCC2(C(=O)NC3CCCCC3)C(c3ccccc3)=Nc3ccccc3CN12. The van der Waals surface area contributed by atoms with Gasteiger partial charge in [0.2, 0.25) is 5.91 Å². The summed E-state index contributed by atoms with van der Waals surface area (Å²) in [7, 11) is 0. The van der Waals surface area contributed by atoms with Gasteiger partial charge in [0.1, 0.15) is 0 Å². The van der Waals surface area contributed by atoms with Crippen molar-refractivity contribution in [3.05, 3.63) is 65.7 Å². The highest BCUT2D eigenvalue weighted by molar-refractivity contribution is 6.24. The van der Waals surface area contributed by atoms with Crippen LogP contribution in [0.5, 0.6) is 0 Å². The average Bonchev–Trinajstić information content (AvgIpc) is 3.02. The monoisotopic (exact) mass is 401 g/mol. The van der Waals surface area contributed by atoms with Gasteiger partial charge in [-0.3, -0.25) is 9.59 Å². The Morgan fingerprint density at radius 3 is 2.53 bits per heavy atom. The Labute approximate surface area is 177 Å². The van der Waals surface area contributed by atoms with Crippen molar-refractivity contribution in [1.29, 1.82) is 0 Å². The molecule has 2 aromatic carbocycles. The van der Waals surface area contributed by atoms with Gasteiger partial charge in [-0.05, 0) is 36.5 Å². The molecule has 2 fully saturated rings. The van der Waals surface area contributed by atoms with Gasteiger partial charge in [0.15, 0.2) is 5.54 Å². The van der Waals surface area contributed by atoms with Crippen molar-refractivity contribution in [2.45, 2.75) is 63.1 Å². The fraction of sp³-hybridized carbons (Fsp3) is 0.400. The molecule has 154 valence electrons. The molecule has 1 unspecified atom stereocenters. The number of aliphatic imine (C=N–C) groups is 1. The summed E-state index contributed by atoms with van der Waals surface area (Å²) in [5.74, 6) is -0.0511. The van der Waals surface area contributed by atoms with Gasteiger partial charge in [-0.2, -0.15) is 0 Å². The number of nitrogens with zero attached hydrogens (tertiary/aromatic N) is 2. The summed E-state index contributed by atoms with van der Waals surface area (Å²) < 4.78 is 0. The largest absolute Gasteiger partial charge is 0.351 e. The highest BCUT2D eigenvalue weighted by Gasteiger charge is 2.56. The van der Waals surface area contributed by atoms with Gasteiger partial charge in [0.05, 0.1) is 11.4 Å². The first-order valence-corrected chi connectivity index (χ1v) is 11.0. The summed E-state index contributed by atoms with van der Waals surface area (Å²) in [5.41, 5.74) is 2.34. The maximum absolute atomic E-state index is 13.9. The number of fused-ring (bicyclic) bond motifs is 2. The highest BCUT2D eigenvalue weighted by Crippen LogP contribution is 2.41. The van der Waals surface area contributed by atoms with E-state index in [0.29, 0.717) is 25.1 Å². The number of carbonyl (C=O) groups is 2.